The third-order valence-electron chi connectivity index (χ3n) is 5.56. The summed E-state index contributed by atoms with van der Waals surface area (Å²) in [5.74, 6) is -1.10. The van der Waals surface area contributed by atoms with Gasteiger partial charge >= 0.3 is 0 Å². The van der Waals surface area contributed by atoms with Gasteiger partial charge in [0.15, 0.2) is 6.10 Å². The number of hydrogen-bond acceptors (Lipinski definition) is 5. The van der Waals surface area contributed by atoms with E-state index in [1.165, 1.54) is 22.5 Å². The predicted octanol–water partition coefficient (Wildman–Crippen LogP) is 3.57. The van der Waals surface area contributed by atoms with Gasteiger partial charge in [-0.3, -0.25) is 9.59 Å². The van der Waals surface area contributed by atoms with Crippen molar-refractivity contribution in [1.29, 1.82) is 0 Å². The molecule has 7 nitrogen and oxygen atoms in total. The summed E-state index contributed by atoms with van der Waals surface area (Å²) in [6.07, 6.45) is 0.542. The van der Waals surface area contributed by atoms with E-state index in [0.29, 0.717) is 24.2 Å². The third-order valence-corrected chi connectivity index (χ3v) is 7.46. The zero-order chi connectivity index (χ0) is 23.4. The first-order valence-corrected chi connectivity index (χ1v) is 12.1. The second-order valence-electron chi connectivity index (χ2n) is 7.77. The summed E-state index contributed by atoms with van der Waals surface area (Å²) in [6.45, 7) is 0.877. The Labute approximate surface area is 192 Å². The molecule has 1 unspecified atom stereocenters. The fraction of sp³-hybridized carbons (Fsp3) is 0.200. The number of benzene rings is 3. The minimum absolute atomic E-state index is 0.0313. The van der Waals surface area contributed by atoms with Crippen molar-refractivity contribution >= 4 is 21.7 Å². The lowest BCUT2D eigenvalue weighted by molar-refractivity contribution is 0.0785. The fourth-order valence-corrected chi connectivity index (χ4v) is 5.37. The Hall–Kier alpha value is -3.49. The van der Waals surface area contributed by atoms with Crippen LogP contribution in [0.2, 0.25) is 0 Å². The fourth-order valence-electron chi connectivity index (χ4n) is 3.82. The predicted molar refractivity (Wildman–Crippen MR) is 124 cm³/mol. The molecule has 1 saturated heterocycles. The Kier molecular flexibility index (Phi) is 6.57. The number of amides is 1. The average molecular weight is 465 g/mol. The molecule has 1 fully saturated rings. The monoisotopic (exact) mass is 464 g/mol. The van der Waals surface area contributed by atoms with E-state index in [4.69, 9.17) is 10.5 Å². The van der Waals surface area contributed by atoms with Crippen LogP contribution in [0.3, 0.4) is 0 Å². The molecule has 3 aromatic carbocycles. The third kappa shape index (κ3) is 4.81. The van der Waals surface area contributed by atoms with Crippen LogP contribution >= 0.6 is 0 Å². The van der Waals surface area contributed by atoms with Crippen molar-refractivity contribution in [2.45, 2.75) is 23.8 Å². The van der Waals surface area contributed by atoms with Crippen LogP contribution in [0.1, 0.15) is 45.2 Å². The number of sulfonamides is 1. The zero-order valence-electron chi connectivity index (χ0n) is 17.9. The van der Waals surface area contributed by atoms with Gasteiger partial charge in [-0.25, -0.2) is 8.42 Å². The van der Waals surface area contributed by atoms with Crippen molar-refractivity contribution in [3.8, 4) is 5.75 Å². The highest BCUT2D eigenvalue weighted by Gasteiger charge is 2.30. The number of carbonyl (C=O) groups excluding carboxylic acids is 2. The molecule has 1 aliphatic heterocycles. The Morgan fingerprint density at radius 1 is 0.879 bits per heavy atom. The molecule has 1 heterocycles. The van der Waals surface area contributed by atoms with Crippen molar-refractivity contribution in [2.75, 3.05) is 13.1 Å². The molecule has 0 bridgehead atoms. The summed E-state index contributed by atoms with van der Waals surface area (Å²) < 4.78 is 33.3. The van der Waals surface area contributed by atoms with Gasteiger partial charge in [-0.2, -0.15) is 4.31 Å². The van der Waals surface area contributed by atoms with E-state index in [-0.39, 0.29) is 22.0 Å². The number of nitrogens with zero attached hydrogens (tertiary/aromatic N) is 1. The first-order chi connectivity index (χ1) is 15.9. The topological polar surface area (TPSA) is 107 Å². The largest absolute Gasteiger partial charge is 0.477 e. The lowest BCUT2D eigenvalue weighted by Gasteiger charge is -2.21. The van der Waals surface area contributed by atoms with Gasteiger partial charge in [-0.05, 0) is 31.0 Å². The average Bonchev–Trinajstić information content (AvgIpc) is 3.39. The first kappa shape index (κ1) is 22.7. The van der Waals surface area contributed by atoms with Crippen LogP contribution in [0.5, 0.6) is 5.75 Å². The quantitative estimate of drug-likeness (QED) is 0.513. The molecule has 8 heteroatoms. The Morgan fingerprint density at radius 3 is 2.09 bits per heavy atom. The van der Waals surface area contributed by atoms with E-state index in [2.05, 4.69) is 0 Å². The number of nitrogens with two attached hydrogens (primary N) is 1. The van der Waals surface area contributed by atoms with Crippen molar-refractivity contribution in [1.82, 2.24) is 4.31 Å². The minimum atomic E-state index is -3.75. The molecule has 1 aliphatic rings. The highest BCUT2D eigenvalue weighted by atomic mass is 32.2. The van der Waals surface area contributed by atoms with Gasteiger partial charge in [-0.1, -0.05) is 60.7 Å². The Balaban J connectivity index is 1.73. The molecule has 0 aliphatic carbocycles. The molecule has 4 rings (SSSR count). The van der Waals surface area contributed by atoms with E-state index < -0.39 is 22.0 Å². The second kappa shape index (κ2) is 9.56. The van der Waals surface area contributed by atoms with Crippen LogP contribution in [-0.4, -0.2) is 37.5 Å². The molecule has 33 heavy (non-hydrogen) atoms. The standard InChI is InChI=1S/C25H24N2O5S/c26-25(29)21-17-20(33(30,31)27-15-7-8-16-27)13-14-22(21)32-24(19-11-5-2-6-12-19)23(28)18-9-3-1-4-10-18/h1-6,9-14,17,24H,7-8,15-16H2,(H2,26,29). The zero-order valence-corrected chi connectivity index (χ0v) is 18.7. The summed E-state index contributed by atoms with van der Waals surface area (Å²) in [4.78, 5) is 25.5. The SMILES string of the molecule is NC(=O)c1cc(S(=O)(=O)N2CCCC2)ccc1OC(C(=O)c1ccccc1)c1ccccc1. The lowest BCUT2D eigenvalue weighted by Crippen LogP contribution is -2.28. The maximum Gasteiger partial charge on any atom is 0.252 e. The number of hydrogen-bond donors (Lipinski definition) is 1. The molecule has 0 saturated carbocycles. The normalized spacial score (nSPS) is 15.2. The summed E-state index contributed by atoms with van der Waals surface area (Å²) in [5, 5.41) is 0. The van der Waals surface area contributed by atoms with Crippen LogP contribution in [0.4, 0.5) is 0 Å². The van der Waals surface area contributed by atoms with Crippen molar-refractivity contribution in [3.05, 3.63) is 95.6 Å². The first-order valence-electron chi connectivity index (χ1n) is 10.6. The van der Waals surface area contributed by atoms with E-state index in [1.54, 1.807) is 54.6 Å². The molecule has 2 N–H and O–H groups in total. The maximum atomic E-state index is 13.3. The molecular weight excluding hydrogens is 440 g/mol. The van der Waals surface area contributed by atoms with E-state index in [0.717, 1.165) is 12.8 Å². The van der Waals surface area contributed by atoms with Gasteiger partial charge in [-0.15, -0.1) is 0 Å². The van der Waals surface area contributed by atoms with E-state index >= 15 is 0 Å². The number of rotatable bonds is 8. The van der Waals surface area contributed by atoms with Gasteiger partial charge in [0.1, 0.15) is 5.75 Å². The van der Waals surface area contributed by atoms with Gasteiger partial charge in [0.25, 0.3) is 5.91 Å². The molecular formula is C25H24N2O5S. The number of primary amides is 1. The molecule has 0 spiro atoms. The van der Waals surface area contributed by atoms with Crippen LogP contribution < -0.4 is 10.5 Å². The van der Waals surface area contributed by atoms with Crippen LogP contribution in [0.25, 0.3) is 0 Å². The maximum absolute atomic E-state index is 13.3. The van der Waals surface area contributed by atoms with Crippen molar-refractivity contribution in [3.63, 3.8) is 0 Å². The van der Waals surface area contributed by atoms with E-state index in [9.17, 15) is 18.0 Å². The number of ether oxygens (including phenoxy) is 1. The molecule has 170 valence electrons. The van der Waals surface area contributed by atoms with Gasteiger partial charge in [0.05, 0.1) is 10.5 Å². The van der Waals surface area contributed by atoms with Gasteiger partial charge in [0.2, 0.25) is 15.8 Å². The van der Waals surface area contributed by atoms with Gasteiger partial charge in [0, 0.05) is 24.2 Å². The number of ketones is 1. The smallest absolute Gasteiger partial charge is 0.252 e. The summed E-state index contributed by atoms with van der Waals surface area (Å²) in [5.41, 5.74) is 6.51. The number of carbonyl (C=O) groups is 2. The van der Waals surface area contributed by atoms with Crippen molar-refractivity contribution < 1.29 is 22.7 Å². The molecule has 0 radical (unpaired) electrons. The Bertz CT molecular complexity index is 1250. The second-order valence-corrected chi connectivity index (χ2v) is 9.71. The lowest BCUT2D eigenvalue weighted by atomic mass is 9.99. The number of Topliss-reactive ketones (excluding diaryl/α,β-unsaturated/α-hetero) is 1. The molecule has 3 aromatic rings. The minimum Gasteiger partial charge on any atom is -0.477 e. The Morgan fingerprint density at radius 2 is 1.48 bits per heavy atom. The van der Waals surface area contributed by atoms with Crippen LogP contribution in [-0.2, 0) is 10.0 Å². The molecule has 0 aromatic heterocycles. The highest BCUT2D eigenvalue weighted by molar-refractivity contribution is 7.89. The van der Waals surface area contributed by atoms with E-state index in [1.807, 2.05) is 6.07 Å². The van der Waals surface area contributed by atoms with Crippen LogP contribution in [0.15, 0.2) is 83.8 Å². The van der Waals surface area contributed by atoms with Crippen LogP contribution in [0, 0.1) is 0 Å². The van der Waals surface area contributed by atoms with Crippen molar-refractivity contribution in [2.24, 2.45) is 5.73 Å². The highest BCUT2D eigenvalue weighted by Crippen LogP contribution is 2.31. The summed E-state index contributed by atoms with van der Waals surface area (Å²) in [6, 6.07) is 21.6. The summed E-state index contributed by atoms with van der Waals surface area (Å²) >= 11 is 0. The van der Waals surface area contributed by atoms with Gasteiger partial charge < -0.3 is 10.5 Å². The molecule has 1 amide bonds. The molecule has 1 atom stereocenters. The summed E-state index contributed by atoms with van der Waals surface area (Å²) in [7, 11) is -3.75.